The minimum atomic E-state index is -0.328. The first-order chi connectivity index (χ1) is 10.7. The minimum Gasteiger partial charge on any atom is -0.481 e. The van der Waals surface area contributed by atoms with Gasteiger partial charge in [-0.15, -0.1) is 0 Å². The highest BCUT2D eigenvalue weighted by molar-refractivity contribution is 5.93. The smallest absolute Gasteiger partial charge is 0.337 e. The normalized spacial score (nSPS) is 13.1. The summed E-state index contributed by atoms with van der Waals surface area (Å²) in [6.07, 6.45) is 5.79. The van der Waals surface area contributed by atoms with Gasteiger partial charge < -0.3 is 9.47 Å². The van der Waals surface area contributed by atoms with Crippen molar-refractivity contribution in [3.05, 3.63) is 64.9 Å². The van der Waals surface area contributed by atoms with Crippen LogP contribution in [0.15, 0.2) is 42.6 Å². The molecular formula is C18H17NO3. The predicted molar refractivity (Wildman–Crippen MR) is 84.0 cm³/mol. The molecule has 4 nitrogen and oxygen atoms in total. The lowest BCUT2D eigenvalue weighted by Gasteiger charge is -2.20. The van der Waals surface area contributed by atoms with Gasteiger partial charge in [-0.3, -0.25) is 0 Å². The van der Waals surface area contributed by atoms with Crippen LogP contribution in [0.2, 0.25) is 0 Å². The largest absolute Gasteiger partial charge is 0.481 e. The molecule has 0 fully saturated rings. The van der Waals surface area contributed by atoms with Crippen LogP contribution in [0.4, 0.5) is 0 Å². The fraction of sp³-hybridized carbons (Fsp3) is 0.222. The number of nitrogens with zero attached hydrogens (tertiary/aromatic N) is 1. The molecule has 0 bridgehead atoms. The van der Waals surface area contributed by atoms with Crippen LogP contribution in [-0.2, 0) is 11.2 Å². The maximum Gasteiger partial charge on any atom is 0.337 e. The lowest BCUT2D eigenvalue weighted by molar-refractivity contribution is 0.0600. The van der Waals surface area contributed by atoms with Crippen molar-refractivity contribution >= 4 is 11.5 Å². The summed E-state index contributed by atoms with van der Waals surface area (Å²) in [6.45, 7) is 0. The lowest BCUT2D eigenvalue weighted by atomic mass is 9.86. The van der Waals surface area contributed by atoms with E-state index in [0.29, 0.717) is 11.4 Å². The van der Waals surface area contributed by atoms with Crippen molar-refractivity contribution in [2.24, 2.45) is 0 Å². The number of ether oxygens (including phenoxy) is 2. The third-order valence-electron chi connectivity index (χ3n) is 3.84. The first kappa shape index (κ1) is 14.3. The van der Waals surface area contributed by atoms with Crippen LogP contribution in [0, 0.1) is 0 Å². The molecule has 1 aliphatic carbocycles. The van der Waals surface area contributed by atoms with Crippen molar-refractivity contribution in [1.82, 2.24) is 4.98 Å². The second kappa shape index (κ2) is 6.02. The van der Waals surface area contributed by atoms with Gasteiger partial charge in [0.15, 0.2) is 0 Å². The van der Waals surface area contributed by atoms with E-state index in [0.717, 1.165) is 29.5 Å². The van der Waals surface area contributed by atoms with E-state index in [1.807, 2.05) is 30.3 Å². The molecule has 0 aliphatic heterocycles. The van der Waals surface area contributed by atoms with Crippen molar-refractivity contribution in [3.63, 3.8) is 0 Å². The third-order valence-corrected chi connectivity index (χ3v) is 3.84. The number of carbonyl (C=O) groups is 1. The summed E-state index contributed by atoms with van der Waals surface area (Å²) in [6, 6.07) is 9.57. The predicted octanol–water partition coefficient (Wildman–Crippen LogP) is 3.25. The van der Waals surface area contributed by atoms with Crippen LogP contribution in [0.1, 0.15) is 33.5 Å². The molecule has 1 heterocycles. The van der Waals surface area contributed by atoms with E-state index in [1.165, 1.54) is 12.7 Å². The summed E-state index contributed by atoms with van der Waals surface area (Å²) in [7, 11) is 3.00. The molecule has 1 aromatic carbocycles. The number of pyridine rings is 1. The summed E-state index contributed by atoms with van der Waals surface area (Å²) in [5.74, 6) is 0.260. The zero-order valence-corrected chi connectivity index (χ0v) is 12.6. The Morgan fingerprint density at radius 2 is 2.05 bits per heavy atom. The Labute approximate surface area is 129 Å². The molecule has 0 amide bonds. The number of fused-ring (bicyclic) bond motifs is 1. The van der Waals surface area contributed by atoms with E-state index >= 15 is 0 Å². The van der Waals surface area contributed by atoms with Crippen LogP contribution in [0.5, 0.6) is 5.88 Å². The highest BCUT2D eigenvalue weighted by Crippen LogP contribution is 2.35. The molecular weight excluding hydrogens is 278 g/mol. The summed E-state index contributed by atoms with van der Waals surface area (Å²) >= 11 is 0. The van der Waals surface area contributed by atoms with E-state index in [-0.39, 0.29) is 5.97 Å². The highest BCUT2D eigenvalue weighted by atomic mass is 16.5. The number of carbonyl (C=O) groups excluding carboxylic acids is 1. The average molecular weight is 295 g/mol. The molecule has 0 saturated heterocycles. The van der Waals surface area contributed by atoms with E-state index in [9.17, 15) is 4.79 Å². The Hall–Kier alpha value is -2.62. The third kappa shape index (κ3) is 2.48. The van der Waals surface area contributed by atoms with E-state index < -0.39 is 0 Å². The molecule has 4 heteroatoms. The number of benzene rings is 1. The minimum absolute atomic E-state index is 0.328. The second-order valence-corrected chi connectivity index (χ2v) is 5.08. The molecule has 0 N–H and O–H groups in total. The average Bonchev–Trinajstić information content (AvgIpc) is 2.60. The van der Waals surface area contributed by atoms with Gasteiger partial charge >= 0.3 is 5.97 Å². The van der Waals surface area contributed by atoms with Gasteiger partial charge in [0.1, 0.15) is 0 Å². The van der Waals surface area contributed by atoms with Crippen LogP contribution in [-0.4, -0.2) is 25.2 Å². The lowest BCUT2D eigenvalue weighted by Crippen LogP contribution is -2.07. The maximum atomic E-state index is 11.8. The van der Waals surface area contributed by atoms with E-state index in [2.05, 4.69) is 11.1 Å². The topological polar surface area (TPSA) is 48.4 Å². The van der Waals surface area contributed by atoms with Crippen molar-refractivity contribution in [2.45, 2.75) is 12.8 Å². The zero-order valence-electron chi connectivity index (χ0n) is 12.6. The SMILES string of the molecule is COC(=O)c1ccc2c(c1)C(c1cccnc1OC)=CCC2. The molecule has 0 spiro atoms. The van der Waals surface area contributed by atoms with E-state index in [4.69, 9.17) is 9.47 Å². The summed E-state index contributed by atoms with van der Waals surface area (Å²) in [5.41, 5.74) is 4.80. The Morgan fingerprint density at radius 1 is 1.18 bits per heavy atom. The van der Waals surface area contributed by atoms with Gasteiger partial charge in [0.25, 0.3) is 0 Å². The van der Waals surface area contributed by atoms with Gasteiger partial charge in [-0.05, 0) is 53.8 Å². The first-order valence-corrected chi connectivity index (χ1v) is 7.15. The second-order valence-electron chi connectivity index (χ2n) is 5.08. The number of methoxy groups -OCH3 is 2. The van der Waals surface area contributed by atoms with Crippen molar-refractivity contribution in [2.75, 3.05) is 14.2 Å². The Bertz CT molecular complexity index is 750. The molecule has 22 heavy (non-hydrogen) atoms. The first-order valence-electron chi connectivity index (χ1n) is 7.15. The van der Waals surface area contributed by atoms with E-state index in [1.54, 1.807) is 13.3 Å². The summed E-state index contributed by atoms with van der Waals surface area (Å²) in [4.78, 5) is 16.1. The molecule has 3 rings (SSSR count). The van der Waals surface area contributed by atoms with Gasteiger partial charge in [-0.25, -0.2) is 9.78 Å². The van der Waals surface area contributed by atoms with Gasteiger partial charge in [0.2, 0.25) is 5.88 Å². The Balaban J connectivity index is 2.13. The van der Waals surface area contributed by atoms with Crippen LogP contribution in [0.25, 0.3) is 5.57 Å². The highest BCUT2D eigenvalue weighted by Gasteiger charge is 2.19. The monoisotopic (exact) mass is 295 g/mol. The molecule has 0 atom stereocenters. The van der Waals surface area contributed by atoms with Crippen LogP contribution in [0.3, 0.4) is 0 Å². The summed E-state index contributed by atoms with van der Waals surface area (Å²) in [5, 5.41) is 0. The number of aromatic nitrogens is 1. The van der Waals surface area contributed by atoms with Crippen LogP contribution < -0.4 is 4.74 Å². The van der Waals surface area contributed by atoms with Crippen molar-refractivity contribution < 1.29 is 14.3 Å². The van der Waals surface area contributed by atoms with Gasteiger partial charge in [0.05, 0.1) is 19.8 Å². The number of rotatable bonds is 3. The molecule has 0 radical (unpaired) electrons. The number of esters is 1. The van der Waals surface area contributed by atoms with Gasteiger partial charge in [-0.1, -0.05) is 12.1 Å². The number of hydrogen-bond donors (Lipinski definition) is 0. The molecule has 0 saturated carbocycles. The quantitative estimate of drug-likeness (QED) is 0.816. The molecule has 1 aromatic heterocycles. The molecule has 1 aliphatic rings. The maximum absolute atomic E-state index is 11.8. The van der Waals surface area contributed by atoms with Gasteiger partial charge in [-0.2, -0.15) is 0 Å². The molecule has 112 valence electrons. The molecule has 0 unspecified atom stereocenters. The molecule has 2 aromatic rings. The number of hydrogen-bond acceptors (Lipinski definition) is 4. The van der Waals surface area contributed by atoms with Crippen molar-refractivity contribution in [1.29, 1.82) is 0 Å². The van der Waals surface area contributed by atoms with Crippen molar-refractivity contribution in [3.8, 4) is 5.88 Å². The zero-order chi connectivity index (χ0) is 15.5. The number of aryl methyl sites for hydroxylation is 1. The number of allylic oxidation sites excluding steroid dienone is 1. The Morgan fingerprint density at radius 3 is 2.82 bits per heavy atom. The van der Waals surface area contributed by atoms with Gasteiger partial charge in [0, 0.05) is 11.8 Å². The van der Waals surface area contributed by atoms with Crippen LogP contribution >= 0.6 is 0 Å². The fourth-order valence-corrected chi connectivity index (χ4v) is 2.79. The summed E-state index contributed by atoms with van der Waals surface area (Å²) < 4.78 is 10.2. The standard InChI is InChI=1S/C18H17NO3/c1-21-17-15(7-4-10-19-17)14-6-3-5-12-8-9-13(11-16(12)14)18(20)22-2/h4,6-11H,3,5H2,1-2H3. The Kier molecular flexibility index (Phi) is 3.92. The fourth-order valence-electron chi connectivity index (χ4n) is 2.79.